The van der Waals surface area contributed by atoms with Crippen molar-refractivity contribution in [1.29, 1.82) is 0 Å². The van der Waals surface area contributed by atoms with E-state index in [1.54, 1.807) is 0 Å². The number of hydrogen-bond acceptors (Lipinski definition) is 6. The normalized spacial score (nSPS) is 17.4. The number of carbonyl (C=O) groups excluding carboxylic acids is 1. The SMILES string of the molecule is CNc1ccc(S(=O)(=O)N2CCC(C(=O)N3CCc4ccccc43)CC2)cc1[N+](=O)[O-]. The minimum atomic E-state index is -3.88. The summed E-state index contributed by atoms with van der Waals surface area (Å²) in [6.07, 6.45) is 1.68. The number of amides is 1. The van der Waals surface area contributed by atoms with Crippen LogP contribution in [0.3, 0.4) is 0 Å². The van der Waals surface area contributed by atoms with Gasteiger partial charge in [0.1, 0.15) is 5.69 Å². The topological polar surface area (TPSA) is 113 Å². The quantitative estimate of drug-likeness (QED) is 0.560. The van der Waals surface area contributed by atoms with Crippen LogP contribution in [0.25, 0.3) is 0 Å². The Morgan fingerprint density at radius 3 is 2.52 bits per heavy atom. The highest BCUT2D eigenvalue weighted by atomic mass is 32.2. The molecule has 0 aromatic heterocycles. The van der Waals surface area contributed by atoms with Crippen LogP contribution in [0.4, 0.5) is 17.1 Å². The zero-order chi connectivity index (χ0) is 22.2. The Bertz CT molecular complexity index is 1130. The zero-order valence-corrected chi connectivity index (χ0v) is 18.0. The lowest BCUT2D eigenvalue weighted by Gasteiger charge is -2.32. The summed E-state index contributed by atoms with van der Waals surface area (Å²) in [5, 5.41) is 14.0. The molecule has 0 spiro atoms. The average molecular weight is 445 g/mol. The van der Waals surface area contributed by atoms with Crippen LogP contribution < -0.4 is 10.2 Å². The second kappa shape index (κ2) is 8.27. The number of fused-ring (bicyclic) bond motifs is 1. The molecule has 31 heavy (non-hydrogen) atoms. The Labute approximate surface area is 180 Å². The second-order valence-electron chi connectivity index (χ2n) is 7.73. The number of rotatable bonds is 5. The summed E-state index contributed by atoms with van der Waals surface area (Å²) >= 11 is 0. The molecule has 10 heteroatoms. The Balaban J connectivity index is 1.47. The largest absolute Gasteiger partial charge is 0.383 e. The third-order valence-corrected chi connectivity index (χ3v) is 7.92. The van der Waals surface area contributed by atoms with Gasteiger partial charge in [0.05, 0.1) is 9.82 Å². The maximum absolute atomic E-state index is 13.1. The molecule has 2 aliphatic rings. The van der Waals surface area contributed by atoms with Crippen molar-refractivity contribution in [2.24, 2.45) is 5.92 Å². The van der Waals surface area contributed by atoms with Crippen LogP contribution in [-0.2, 0) is 21.2 Å². The van der Waals surface area contributed by atoms with Gasteiger partial charge in [-0.1, -0.05) is 18.2 Å². The number of benzene rings is 2. The minimum absolute atomic E-state index is 0.0380. The Morgan fingerprint density at radius 1 is 1.13 bits per heavy atom. The van der Waals surface area contributed by atoms with Crippen molar-refractivity contribution < 1.29 is 18.1 Å². The van der Waals surface area contributed by atoms with Gasteiger partial charge in [0.25, 0.3) is 5.69 Å². The van der Waals surface area contributed by atoms with E-state index in [4.69, 9.17) is 0 Å². The van der Waals surface area contributed by atoms with Crippen molar-refractivity contribution >= 4 is 33.0 Å². The van der Waals surface area contributed by atoms with Crippen molar-refractivity contribution in [3.05, 3.63) is 58.1 Å². The van der Waals surface area contributed by atoms with Gasteiger partial charge in [-0.3, -0.25) is 14.9 Å². The van der Waals surface area contributed by atoms with E-state index in [2.05, 4.69) is 5.32 Å². The molecule has 0 bridgehead atoms. The van der Waals surface area contributed by atoms with Crippen LogP contribution in [0.15, 0.2) is 47.4 Å². The fourth-order valence-electron chi connectivity index (χ4n) is 4.31. The van der Waals surface area contributed by atoms with E-state index in [1.165, 1.54) is 23.5 Å². The minimum Gasteiger partial charge on any atom is -0.383 e. The Hall–Kier alpha value is -2.98. The van der Waals surface area contributed by atoms with E-state index in [0.29, 0.717) is 19.4 Å². The highest BCUT2D eigenvalue weighted by molar-refractivity contribution is 7.89. The molecular formula is C21H24N4O5S. The first-order valence-corrected chi connectivity index (χ1v) is 11.6. The number of nitrogens with zero attached hydrogens (tertiary/aromatic N) is 3. The van der Waals surface area contributed by atoms with E-state index in [0.717, 1.165) is 23.7 Å². The van der Waals surface area contributed by atoms with Crippen LogP contribution in [0.5, 0.6) is 0 Å². The Kier molecular flexibility index (Phi) is 5.67. The summed E-state index contributed by atoms with van der Waals surface area (Å²) in [5.41, 5.74) is 2.06. The smallest absolute Gasteiger partial charge is 0.293 e. The summed E-state index contributed by atoms with van der Waals surface area (Å²) in [4.78, 5) is 25.4. The summed E-state index contributed by atoms with van der Waals surface area (Å²) in [5.74, 6) is -0.199. The van der Waals surface area contributed by atoms with Gasteiger partial charge in [-0.2, -0.15) is 4.31 Å². The molecule has 0 unspecified atom stereocenters. The molecule has 2 heterocycles. The molecule has 2 aromatic rings. The first-order valence-electron chi connectivity index (χ1n) is 10.2. The molecule has 1 amide bonds. The van der Waals surface area contributed by atoms with Gasteiger partial charge in [-0.15, -0.1) is 0 Å². The number of nitro groups is 1. The highest BCUT2D eigenvalue weighted by Gasteiger charge is 2.36. The molecule has 2 aliphatic heterocycles. The number of nitro benzene ring substituents is 1. The molecule has 0 atom stereocenters. The molecule has 2 aromatic carbocycles. The molecule has 164 valence electrons. The number of anilines is 2. The van der Waals surface area contributed by atoms with Gasteiger partial charge < -0.3 is 10.2 Å². The number of sulfonamides is 1. The summed E-state index contributed by atoms with van der Waals surface area (Å²) in [6, 6.07) is 11.7. The van der Waals surface area contributed by atoms with E-state index in [-0.39, 0.29) is 41.2 Å². The van der Waals surface area contributed by atoms with Gasteiger partial charge in [-0.25, -0.2) is 8.42 Å². The standard InChI is InChI=1S/C21H24N4O5S/c1-22-18-7-6-17(14-20(18)25(27)28)31(29,30)23-11-8-16(9-12-23)21(26)24-13-10-15-4-2-3-5-19(15)24/h2-7,14,16,22H,8-13H2,1H3. The average Bonchev–Trinajstić information content (AvgIpc) is 3.22. The molecule has 0 aliphatic carbocycles. The summed E-state index contributed by atoms with van der Waals surface area (Å²) in [6.45, 7) is 1.06. The van der Waals surface area contributed by atoms with Crippen molar-refractivity contribution in [2.45, 2.75) is 24.2 Å². The van der Waals surface area contributed by atoms with Crippen LogP contribution in [0.1, 0.15) is 18.4 Å². The number of carbonyl (C=O) groups is 1. The third kappa shape index (κ3) is 3.88. The van der Waals surface area contributed by atoms with E-state index >= 15 is 0 Å². The van der Waals surface area contributed by atoms with Crippen molar-refractivity contribution in [1.82, 2.24) is 4.31 Å². The van der Waals surface area contributed by atoms with E-state index in [9.17, 15) is 23.3 Å². The van der Waals surface area contributed by atoms with Gasteiger partial charge in [0.15, 0.2) is 0 Å². The number of para-hydroxylation sites is 1. The lowest BCUT2D eigenvalue weighted by Crippen LogP contribution is -2.44. The Morgan fingerprint density at radius 2 is 1.84 bits per heavy atom. The predicted octanol–water partition coefficient (Wildman–Crippen LogP) is 2.63. The highest BCUT2D eigenvalue weighted by Crippen LogP contribution is 2.33. The van der Waals surface area contributed by atoms with Gasteiger partial charge in [0, 0.05) is 44.4 Å². The second-order valence-corrected chi connectivity index (χ2v) is 9.67. The van der Waals surface area contributed by atoms with Crippen molar-refractivity contribution in [3.8, 4) is 0 Å². The maximum atomic E-state index is 13.1. The first kappa shape index (κ1) is 21.3. The van der Waals surface area contributed by atoms with Crippen LogP contribution in [0.2, 0.25) is 0 Å². The van der Waals surface area contributed by atoms with Gasteiger partial charge in [-0.05, 0) is 43.0 Å². The summed E-state index contributed by atoms with van der Waals surface area (Å²) in [7, 11) is -2.34. The van der Waals surface area contributed by atoms with Crippen LogP contribution in [-0.4, -0.2) is 50.2 Å². The number of nitrogens with one attached hydrogen (secondary N) is 1. The van der Waals surface area contributed by atoms with E-state index in [1.807, 2.05) is 29.2 Å². The fourth-order valence-corrected chi connectivity index (χ4v) is 5.80. The molecule has 0 radical (unpaired) electrons. The molecule has 1 saturated heterocycles. The van der Waals surface area contributed by atoms with Gasteiger partial charge >= 0.3 is 0 Å². The van der Waals surface area contributed by atoms with Crippen LogP contribution >= 0.6 is 0 Å². The van der Waals surface area contributed by atoms with E-state index < -0.39 is 14.9 Å². The maximum Gasteiger partial charge on any atom is 0.293 e. The third-order valence-electron chi connectivity index (χ3n) is 6.03. The molecule has 4 rings (SSSR count). The molecule has 1 fully saturated rings. The molecule has 0 saturated carbocycles. The monoisotopic (exact) mass is 444 g/mol. The van der Waals surface area contributed by atoms with Crippen LogP contribution in [0, 0.1) is 16.0 Å². The fraction of sp³-hybridized carbons (Fsp3) is 0.381. The molecule has 9 nitrogen and oxygen atoms in total. The summed E-state index contributed by atoms with van der Waals surface area (Å²) < 4.78 is 27.4. The number of piperidine rings is 1. The lowest BCUT2D eigenvalue weighted by atomic mass is 9.96. The van der Waals surface area contributed by atoms with Crippen molar-refractivity contribution in [2.75, 3.05) is 36.9 Å². The van der Waals surface area contributed by atoms with Gasteiger partial charge in [0.2, 0.25) is 15.9 Å². The first-order chi connectivity index (χ1) is 14.8. The lowest BCUT2D eigenvalue weighted by molar-refractivity contribution is -0.384. The van der Waals surface area contributed by atoms with Crippen molar-refractivity contribution in [3.63, 3.8) is 0 Å². The zero-order valence-electron chi connectivity index (χ0n) is 17.2. The molecular weight excluding hydrogens is 420 g/mol. The predicted molar refractivity (Wildman–Crippen MR) is 117 cm³/mol. The number of hydrogen-bond donors (Lipinski definition) is 1. The molecule has 1 N–H and O–H groups in total.